The van der Waals surface area contributed by atoms with Crippen molar-refractivity contribution in [3.05, 3.63) is 46.5 Å². The lowest BCUT2D eigenvalue weighted by molar-refractivity contribution is 0.102. The predicted octanol–water partition coefficient (Wildman–Crippen LogP) is 4.52. The molecule has 23 heavy (non-hydrogen) atoms. The SMILES string of the molecule is Cc1cc2sc(NC(=O)c3ccc4nsnc4c3)nc2cc1Cl. The Bertz CT molecular complexity index is 1020. The summed E-state index contributed by atoms with van der Waals surface area (Å²) < 4.78 is 9.26. The molecule has 8 heteroatoms. The minimum absolute atomic E-state index is 0.221. The van der Waals surface area contributed by atoms with E-state index in [4.69, 9.17) is 11.6 Å². The first-order chi connectivity index (χ1) is 11.1. The summed E-state index contributed by atoms with van der Waals surface area (Å²) in [5.74, 6) is -0.221. The minimum Gasteiger partial charge on any atom is -0.298 e. The van der Waals surface area contributed by atoms with Crippen LogP contribution in [0.2, 0.25) is 5.02 Å². The van der Waals surface area contributed by atoms with E-state index in [9.17, 15) is 4.79 Å². The summed E-state index contributed by atoms with van der Waals surface area (Å²) in [6.07, 6.45) is 0. The van der Waals surface area contributed by atoms with Gasteiger partial charge < -0.3 is 0 Å². The van der Waals surface area contributed by atoms with Gasteiger partial charge in [-0.3, -0.25) is 10.1 Å². The molecule has 0 aliphatic heterocycles. The van der Waals surface area contributed by atoms with Gasteiger partial charge >= 0.3 is 0 Å². The van der Waals surface area contributed by atoms with Crippen molar-refractivity contribution in [2.75, 3.05) is 5.32 Å². The van der Waals surface area contributed by atoms with Crippen molar-refractivity contribution in [2.45, 2.75) is 6.92 Å². The van der Waals surface area contributed by atoms with Crippen LogP contribution < -0.4 is 5.32 Å². The third kappa shape index (κ3) is 2.67. The highest BCUT2D eigenvalue weighted by molar-refractivity contribution is 7.22. The maximum absolute atomic E-state index is 12.4. The molecule has 2 heterocycles. The summed E-state index contributed by atoms with van der Waals surface area (Å²) in [5, 5.41) is 4.04. The molecule has 114 valence electrons. The molecule has 5 nitrogen and oxygen atoms in total. The van der Waals surface area contributed by atoms with Crippen LogP contribution in [0.3, 0.4) is 0 Å². The normalized spacial score (nSPS) is 11.2. The van der Waals surface area contributed by atoms with Gasteiger partial charge in [0.05, 0.1) is 21.9 Å². The molecular weight excluding hydrogens is 352 g/mol. The third-order valence-corrected chi connectivity index (χ3v) is 5.30. The van der Waals surface area contributed by atoms with E-state index in [1.54, 1.807) is 18.2 Å². The second-order valence-electron chi connectivity index (χ2n) is 5.01. The lowest BCUT2D eigenvalue weighted by Crippen LogP contribution is -2.11. The fourth-order valence-electron chi connectivity index (χ4n) is 2.20. The van der Waals surface area contributed by atoms with Crippen LogP contribution in [-0.4, -0.2) is 19.6 Å². The van der Waals surface area contributed by atoms with E-state index in [1.807, 2.05) is 19.1 Å². The topological polar surface area (TPSA) is 67.8 Å². The van der Waals surface area contributed by atoms with Crippen molar-refractivity contribution in [1.29, 1.82) is 0 Å². The molecule has 2 aromatic carbocycles. The molecule has 4 aromatic rings. The Balaban J connectivity index is 1.65. The number of nitrogens with zero attached hydrogens (tertiary/aromatic N) is 3. The lowest BCUT2D eigenvalue weighted by atomic mass is 10.2. The van der Waals surface area contributed by atoms with Crippen LogP contribution in [-0.2, 0) is 0 Å². The number of anilines is 1. The van der Waals surface area contributed by atoms with Gasteiger partial charge in [-0.1, -0.05) is 22.9 Å². The lowest BCUT2D eigenvalue weighted by Gasteiger charge is -2.00. The number of aromatic nitrogens is 3. The molecule has 0 aliphatic rings. The maximum Gasteiger partial charge on any atom is 0.257 e. The molecule has 0 saturated heterocycles. The Morgan fingerprint density at radius 3 is 2.83 bits per heavy atom. The van der Waals surface area contributed by atoms with E-state index in [2.05, 4.69) is 19.0 Å². The summed E-state index contributed by atoms with van der Waals surface area (Å²) in [7, 11) is 0. The second kappa shape index (κ2) is 5.52. The average molecular weight is 361 g/mol. The van der Waals surface area contributed by atoms with E-state index < -0.39 is 0 Å². The highest BCUT2D eigenvalue weighted by Crippen LogP contribution is 2.30. The number of thiazole rings is 1. The number of amides is 1. The van der Waals surface area contributed by atoms with Gasteiger partial charge in [0.1, 0.15) is 11.0 Å². The Morgan fingerprint density at radius 1 is 1.13 bits per heavy atom. The Morgan fingerprint density at radius 2 is 1.96 bits per heavy atom. The van der Waals surface area contributed by atoms with Crippen molar-refractivity contribution in [3.8, 4) is 0 Å². The number of rotatable bonds is 2. The van der Waals surface area contributed by atoms with Gasteiger partial charge in [-0.25, -0.2) is 4.98 Å². The zero-order chi connectivity index (χ0) is 16.0. The number of hydrogen-bond acceptors (Lipinski definition) is 6. The van der Waals surface area contributed by atoms with Crippen molar-refractivity contribution in [1.82, 2.24) is 13.7 Å². The van der Waals surface area contributed by atoms with Crippen molar-refractivity contribution in [2.24, 2.45) is 0 Å². The molecule has 0 saturated carbocycles. The van der Waals surface area contributed by atoms with Crippen LogP contribution in [0, 0.1) is 6.92 Å². The number of halogens is 1. The van der Waals surface area contributed by atoms with Gasteiger partial charge in [0.15, 0.2) is 5.13 Å². The van der Waals surface area contributed by atoms with E-state index in [0.29, 0.717) is 21.2 Å². The molecule has 0 bridgehead atoms. The quantitative estimate of drug-likeness (QED) is 0.570. The molecule has 0 atom stereocenters. The summed E-state index contributed by atoms with van der Waals surface area (Å²) in [6.45, 7) is 1.94. The van der Waals surface area contributed by atoms with Gasteiger partial charge in [-0.15, -0.1) is 0 Å². The van der Waals surface area contributed by atoms with Crippen LogP contribution in [0.4, 0.5) is 5.13 Å². The molecule has 0 unspecified atom stereocenters. The molecule has 2 aromatic heterocycles. The first-order valence-corrected chi connectivity index (χ1v) is 8.63. The van der Waals surface area contributed by atoms with E-state index in [-0.39, 0.29) is 5.91 Å². The molecular formula is C15H9ClN4OS2. The van der Waals surface area contributed by atoms with Gasteiger partial charge in [0.25, 0.3) is 5.91 Å². The number of hydrogen-bond donors (Lipinski definition) is 1. The smallest absolute Gasteiger partial charge is 0.257 e. The molecule has 1 amide bonds. The average Bonchev–Trinajstić information content (AvgIpc) is 3.13. The van der Waals surface area contributed by atoms with Crippen LogP contribution in [0.15, 0.2) is 30.3 Å². The van der Waals surface area contributed by atoms with Crippen molar-refractivity contribution in [3.63, 3.8) is 0 Å². The third-order valence-electron chi connectivity index (χ3n) is 3.41. The zero-order valence-corrected chi connectivity index (χ0v) is 14.2. The van der Waals surface area contributed by atoms with Crippen LogP contribution in [0.1, 0.15) is 15.9 Å². The van der Waals surface area contributed by atoms with Crippen molar-refractivity contribution >= 4 is 67.0 Å². The Hall–Kier alpha value is -2.09. The first kappa shape index (κ1) is 14.5. The summed E-state index contributed by atoms with van der Waals surface area (Å²) in [6, 6.07) is 9.02. The Labute approximate surface area is 144 Å². The second-order valence-corrected chi connectivity index (χ2v) is 6.98. The molecule has 1 N–H and O–H groups in total. The largest absolute Gasteiger partial charge is 0.298 e. The monoisotopic (exact) mass is 360 g/mol. The molecule has 0 radical (unpaired) electrons. The molecule has 4 rings (SSSR count). The summed E-state index contributed by atoms with van der Waals surface area (Å²) in [4.78, 5) is 16.8. The maximum atomic E-state index is 12.4. The number of carbonyl (C=O) groups excluding carboxylic acids is 1. The van der Waals surface area contributed by atoms with Gasteiger partial charge in [0, 0.05) is 10.6 Å². The van der Waals surface area contributed by atoms with Gasteiger partial charge in [0.2, 0.25) is 0 Å². The minimum atomic E-state index is -0.221. The fraction of sp³-hybridized carbons (Fsp3) is 0.0667. The van der Waals surface area contributed by atoms with E-state index in [0.717, 1.165) is 33.0 Å². The first-order valence-electron chi connectivity index (χ1n) is 6.70. The number of benzene rings is 2. The number of carbonyl (C=O) groups is 1. The van der Waals surface area contributed by atoms with Gasteiger partial charge in [-0.2, -0.15) is 8.75 Å². The van der Waals surface area contributed by atoms with Crippen LogP contribution in [0.25, 0.3) is 21.3 Å². The number of nitrogens with one attached hydrogen (secondary N) is 1. The van der Waals surface area contributed by atoms with Crippen molar-refractivity contribution < 1.29 is 4.79 Å². The van der Waals surface area contributed by atoms with Gasteiger partial charge in [-0.05, 0) is 42.8 Å². The molecule has 0 fully saturated rings. The fourth-order valence-corrected chi connectivity index (χ4v) is 3.81. The van der Waals surface area contributed by atoms with Crippen LogP contribution in [0.5, 0.6) is 0 Å². The zero-order valence-electron chi connectivity index (χ0n) is 11.8. The number of fused-ring (bicyclic) bond motifs is 2. The van der Waals surface area contributed by atoms with E-state index >= 15 is 0 Å². The summed E-state index contributed by atoms with van der Waals surface area (Å²) in [5.41, 5.74) is 3.80. The van der Waals surface area contributed by atoms with E-state index in [1.165, 1.54) is 11.3 Å². The highest BCUT2D eigenvalue weighted by atomic mass is 35.5. The number of aryl methyl sites for hydroxylation is 1. The van der Waals surface area contributed by atoms with Crippen LogP contribution >= 0.6 is 34.7 Å². The predicted molar refractivity (Wildman–Crippen MR) is 94.7 cm³/mol. The molecule has 0 aliphatic carbocycles. The Kier molecular flexibility index (Phi) is 3.48. The molecule has 0 spiro atoms. The highest BCUT2D eigenvalue weighted by Gasteiger charge is 2.12. The summed E-state index contributed by atoms with van der Waals surface area (Å²) >= 11 is 8.66. The standard InChI is InChI=1S/C15H9ClN4OS2/c1-7-4-13-12(6-9(7)16)17-15(22-13)18-14(21)8-2-3-10-11(5-8)20-23-19-10/h2-6H,1H3,(H,17,18,21).